The minimum absolute atomic E-state index is 0.210. The van der Waals surface area contributed by atoms with Crippen LogP contribution in [0.15, 0.2) is 0 Å². The molecule has 1 heterocycles. The molecule has 1 aliphatic heterocycles. The molecule has 1 rings (SSSR count). The normalized spacial score (nSPS) is 44.7. The molecule has 0 aliphatic carbocycles. The van der Waals surface area contributed by atoms with Crippen LogP contribution < -0.4 is 0 Å². The Morgan fingerprint density at radius 3 is 2.50 bits per heavy atom. The van der Waals surface area contributed by atoms with Gasteiger partial charge in [-0.1, -0.05) is 11.2 Å². The predicted molar refractivity (Wildman–Crippen MR) is 50.5 cm³/mol. The summed E-state index contributed by atoms with van der Waals surface area (Å²) in [5, 5.41) is 18.1. The van der Waals surface area contributed by atoms with Crippen molar-refractivity contribution in [2.24, 2.45) is 0 Å². The van der Waals surface area contributed by atoms with E-state index in [0.29, 0.717) is 0 Å². The fourth-order valence-corrected chi connectivity index (χ4v) is 2.98. The van der Waals surface area contributed by atoms with E-state index in [1.54, 1.807) is 0 Å². The van der Waals surface area contributed by atoms with Crippen molar-refractivity contribution in [3.05, 3.63) is 6.92 Å². The third-order valence-corrected chi connectivity index (χ3v) is 3.92. The van der Waals surface area contributed by atoms with Gasteiger partial charge in [-0.05, 0) is 13.2 Å². The maximum atomic E-state index is 9.56. The van der Waals surface area contributed by atoms with Crippen molar-refractivity contribution in [3.8, 4) is 0 Å². The van der Waals surface area contributed by atoms with Gasteiger partial charge in [0, 0.05) is 0 Å². The lowest BCUT2D eigenvalue weighted by atomic mass is 10.1. The second-order valence-corrected chi connectivity index (χ2v) is 5.89. The van der Waals surface area contributed by atoms with E-state index in [1.165, 1.54) is 0 Å². The van der Waals surface area contributed by atoms with E-state index in [2.05, 4.69) is 0 Å². The summed E-state index contributed by atoms with van der Waals surface area (Å²) >= 11 is 5.02. The molecule has 5 atom stereocenters. The van der Waals surface area contributed by atoms with E-state index in [9.17, 15) is 5.11 Å². The quantitative estimate of drug-likeness (QED) is 0.604. The molecule has 2 radical (unpaired) electrons. The van der Waals surface area contributed by atoms with Crippen LogP contribution in [0.3, 0.4) is 0 Å². The highest BCUT2D eigenvalue weighted by molar-refractivity contribution is 8.28. The van der Waals surface area contributed by atoms with Gasteiger partial charge in [0.1, 0.15) is 6.10 Å². The fraction of sp³-hybridized carbons (Fsp3) is 0.857. The summed E-state index contributed by atoms with van der Waals surface area (Å²) in [6, 6.07) is 0. The summed E-state index contributed by atoms with van der Waals surface area (Å²) in [4.78, 5) is 0. The molecule has 0 aromatic carbocycles. The minimum atomic E-state index is -0.726. The van der Waals surface area contributed by atoms with Gasteiger partial charge in [0.15, 0.2) is 0 Å². The average Bonchev–Trinajstić information content (AvgIpc) is 2.25. The van der Waals surface area contributed by atoms with Crippen LogP contribution in [-0.4, -0.2) is 46.6 Å². The fourth-order valence-electron chi connectivity index (χ4n) is 1.30. The lowest BCUT2D eigenvalue weighted by Crippen LogP contribution is -2.36. The summed E-state index contributed by atoms with van der Waals surface area (Å²) < 4.78 is 5.11. The minimum Gasteiger partial charge on any atom is -0.394 e. The van der Waals surface area contributed by atoms with Crippen molar-refractivity contribution in [2.45, 2.75) is 23.6 Å². The summed E-state index contributed by atoms with van der Waals surface area (Å²) in [7, 11) is -0.401. The molecule has 2 unspecified atom stereocenters. The van der Waals surface area contributed by atoms with Gasteiger partial charge in [-0.2, -0.15) is 0 Å². The van der Waals surface area contributed by atoms with Crippen molar-refractivity contribution in [1.82, 2.24) is 0 Å². The molecule has 1 saturated heterocycles. The Bertz CT molecular complexity index is 185. The topological polar surface area (TPSA) is 49.7 Å². The molecule has 0 aromatic heterocycles. The van der Waals surface area contributed by atoms with E-state index in [4.69, 9.17) is 28.0 Å². The van der Waals surface area contributed by atoms with Gasteiger partial charge in [-0.15, -0.1) is 9.45 Å². The van der Waals surface area contributed by atoms with Crippen LogP contribution in [0.5, 0.6) is 0 Å². The summed E-state index contributed by atoms with van der Waals surface area (Å²) in [6.07, 6.45) is -0.00615. The molecule has 3 nitrogen and oxygen atoms in total. The molecular formula is C7H12O3S2. The maximum absolute atomic E-state index is 9.56. The first-order valence-corrected chi connectivity index (χ1v) is 6.22. The Morgan fingerprint density at radius 1 is 1.67 bits per heavy atom. The Kier molecular flexibility index (Phi) is 3.60. The second-order valence-electron chi connectivity index (χ2n) is 2.78. The van der Waals surface area contributed by atoms with Gasteiger partial charge in [0.2, 0.25) is 0 Å². The van der Waals surface area contributed by atoms with Crippen LogP contribution >= 0.6 is 0 Å². The van der Waals surface area contributed by atoms with Crippen LogP contribution in [0.2, 0.25) is 0 Å². The van der Waals surface area contributed by atoms with Gasteiger partial charge in [-0.25, -0.2) is 0 Å². The third kappa shape index (κ3) is 1.85. The zero-order valence-electron chi connectivity index (χ0n) is 6.71. The third-order valence-electron chi connectivity index (χ3n) is 1.94. The molecular weight excluding hydrogens is 196 g/mol. The summed E-state index contributed by atoms with van der Waals surface area (Å²) in [6.45, 7) is 5.37. The van der Waals surface area contributed by atoms with E-state index < -0.39 is 27.8 Å². The van der Waals surface area contributed by atoms with Crippen LogP contribution in [0, 0.1) is 6.92 Å². The first kappa shape index (κ1) is 10.5. The van der Waals surface area contributed by atoms with Gasteiger partial charge < -0.3 is 14.9 Å². The van der Waals surface area contributed by atoms with E-state index in [1.807, 2.05) is 6.26 Å². The molecule has 0 spiro atoms. The van der Waals surface area contributed by atoms with Crippen LogP contribution in [0.4, 0.5) is 0 Å². The van der Waals surface area contributed by atoms with Crippen molar-refractivity contribution < 1.29 is 14.9 Å². The highest BCUT2D eigenvalue weighted by atomic mass is 32.8. The van der Waals surface area contributed by atoms with Crippen molar-refractivity contribution in [2.75, 3.05) is 12.9 Å². The first-order chi connectivity index (χ1) is 5.57. The Hall–Kier alpha value is 0.450. The molecule has 0 amide bonds. The summed E-state index contributed by atoms with van der Waals surface area (Å²) in [5.41, 5.74) is 0. The zero-order valence-corrected chi connectivity index (χ0v) is 8.35. The number of aliphatic hydroxyl groups is 2. The Labute approximate surface area is 79.3 Å². The van der Waals surface area contributed by atoms with Gasteiger partial charge in [0.05, 0.1) is 24.1 Å². The predicted octanol–water partition coefficient (Wildman–Crippen LogP) is -1.10. The number of ether oxygens (including phenoxy) is 1. The molecule has 1 aliphatic rings. The van der Waals surface area contributed by atoms with E-state index in [-0.39, 0.29) is 11.9 Å². The molecule has 2 N–H and O–H groups in total. The van der Waals surface area contributed by atoms with Crippen LogP contribution in [0.25, 0.3) is 0 Å². The van der Waals surface area contributed by atoms with Crippen LogP contribution in [-0.2, 0) is 25.4 Å². The average molecular weight is 208 g/mol. The number of aliphatic hydroxyl groups excluding tert-OH is 2. The molecule has 70 valence electrons. The van der Waals surface area contributed by atoms with Crippen molar-refractivity contribution in [3.63, 3.8) is 0 Å². The lowest BCUT2D eigenvalue weighted by Gasteiger charge is -2.16. The van der Waals surface area contributed by atoms with Gasteiger partial charge in [-0.3, -0.25) is 0 Å². The van der Waals surface area contributed by atoms with Gasteiger partial charge in [0.25, 0.3) is 0 Å². The largest absolute Gasteiger partial charge is 0.394 e. The van der Waals surface area contributed by atoms with Gasteiger partial charge >= 0.3 is 0 Å². The maximum Gasteiger partial charge on any atom is 0.108 e. The molecule has 0 bridgehead atoms. The highest BCUT2D eigenvalue weighted by Crippen LogP contribution is 2.24. The first-order valence-electron chi connectivity index (χ1n) is 3.60. The molecule has 12 heavy (non-hydrogen) atoms. The van der Waals surface area contributed by atoms with E-state index >= 15 is 0 Å². The van der Waals surface area contributed by atoms with Crippen molar-refractivity contribution >= 4 is 20.6 Å². The van der Waals surface area contributed by atoms with Crippen LogP contribution in [0.1, 0.15) is 0 Å². The summed E-state index contributed by atoms with van der Waals surface area (Å²) in [5.74, 6) is 0. The smallest absolute Gasteiger partial charge is 0.108 e. The Balaban J connectivity index is 2.70. The lowest BCUT2D eigenvalue weighted by molar-refractivity contribution is -0.0112. The standard InChI is InChI=1S/C7H12O3S2/c1-4-7(12(2)11)6(9)5(3-8)10-4/h1,4-9H,3H2,2H3/t4-,5+,6-,7?,12?/m0/s1. The highest BCUT2D eigenvalue weighted by Gasteiger charge is 2.41. The second kappa shape index (κ2) is 4.11. The molecule has 0 aromatic rings. The zero-order chi connectivity index (χ0) is 9.30. The number of hydrogen-bond donors (Lipinski definition) is 2. The Morgan fingerprint density at radius 2 is 2.25 bits per heavy atom. The number of rotatable bonds is 2. The van der Waals surface area contributed by atoms with Crippen molar-refractivity contribution in [1.29, 1.82) is 0 Å². The number of hydrogen-bond acceptors (Lipinski definition) is 4. The monoisotopic (exact) mass is 208 g/mol. The van der Waals surface area contributed by atoms with E-state index in [0.717, 1.165) is 0 Å². The SMILES string of the molecule is [CH][C@@H]1O[C@H](CO)[C@H](O)C1S(C)=S. The molecule has 1 fully saturated rings. The molecule has 0 saturated carbocycles. The molecule has 5 heteroatoms.